The lowest BCUT2D eigenvalue weighted by Crippen LogP contribution is -2.41. The molecular weight excluding hydrogens is 432 g/mol. The van der Waals surface area contributed by atoms with Gasteiger partial charge < -0.3 is 20.4 Å². The van der Waals surface area contributed by atoms with Crippen LogP contribution in [0.25, 0.3) is 0 Å². The maximum atomic E-state index is 13.2. The van der Waals surface area contributed by atoms with Gasteiger partial charge in [0.1, 0.15) is 5.82 Å². The highest BCUT2D eigenvalue weighted by molar-refractivity contribution is 5.77. The number of carbonyl (C=O) groups is 2. The molecular formula is C24H34N8O2. The molecule has 0 aromatic carbocycles. The summed E-state index contributed by atoms with van der Waals surface area (Å²) >= 11 is 0. The number of nitrogens with zero attached hydrogens (tertiary/aromatic N) is 6. The number of amides is 2. The van der Waals surface area contributed by atoms with Gasteiger partial charge in [-0.2, -0.15) is 0 Å². The largest absolute Gasteiger partial charge is 0.373 e. The van der Waals surface area contributed by atoms with E-state index in [0.29, 0.717) is 44.4 Å². The third-order valence-electron chi connectivity index (χ3n) is 6.49. The van der Waals surface area contributed by atoms with Crippen molar-refractivity contribution >= 4 is 23.6 Å². The van der Waals surface area contributed by atoms with E-state index in [1.807, 2.05) is 36.8 Å². The lowest BCUT2D eigenvalue weighted by atomic mass is 9.99. The van der Waals surface area contributed by atoms with Crippen LogP contribution in [0.4, 0.5) is 11.8 Å². The number of fused-ring (bicyclic) bond motifs is 1. The Hall–Kier alpha value is -3.30. The van der Waals surface area contributed by atoms with Gasteiger partial charge in [0.05, 0.1) is 18.3 Å². The number of hydrogen-bond acceptors (Lipinski definition) is 8. The first kappa shape index (κ1) is 23.8. The number of rotatable bonds is 6. The van der Waals surface area contributed by atoms with Gasteiger partial charge in [-0.15, -0.1) is 0 Å². The number of nitrogens with one attached hydrogen (secondary N) is 2. The number of aryl methyl sites for hydroxylation is 2. The molecule has 4 rings (SSSR count). The highest BCUT2D eigenvalue weighted by Crippen LogP contribution is 2.32. The number of hydrogen-bond donors (Lipinski definition) is 2. The fraction of sp³-hybridized carbons (Fsp3) is 0.583. The quantitative estimate of drug-likeness (QED) is 0.667. The van der Waals surface area contributed by atoms with Gasteiger partial charge in [0, 0.05) is 57.0 Å². The monoisotopic (exact) mass is 466 g/mol. The van der Waals surface area contributed by atoms with E-state index < -0.39 is 0 Å². The van der Waals surface area contributed by atoms with Crippen molar-refractivity contribution in [3.05, 3.63) is 34.5 Å². The van der Waals surface area contributed by atoms with Gasteiger partial charge in [0.15, 0.2) is 5.82 Å². The Balaban J connectivity index is 1.49. The molecule has 10 nitrogen and oxygen atoms in total. The molecule has 0 unspecified atom stereocenters. The van der Waals surface area contributed by atoms with E-state index in [0.717, 1.165) is 54.1 Å². The Morgan fingerprint density at radius 3 is 2.56 bits per heavy atom. The minimum absolute atomic E-state index is 0.0478. The Morgan fingerprint density at radius 2 is 1.85 bits per heavy atom. The zero-order valence-corrected chi connectivity index (χ0v) is 20.5. The number of carbonyl (C=O) groups excluding carboxylic acids is 2. The van der Waals surface area contributed by atoms with Crippen LogP contribution in [0.2, 0.25) is 0 Å². The van der Waals surface area contributed by atoms with Crippen LogP contribution in [0.15, 0.2) is 6.07 Å². The zero-order valence-electron chi connectivity index (χ0n) is 20.5. The van der Waals surface area contributed by atoms with Gasteiger partial charge in [0.25, 0.3) is 0 Å². The van der Waals surface area contributed by atoms with Crippen molar-refractivity contribution in [2.45, 2.75) is 65.5 Å². The smallest absolute Gasteiger partial charge is 0.224 e. The molecule has 1 saturated heterocycles. The Kier molecular flexibility index (Phi) is 7.23. The van der Waals surface area contributed by atoms with Gasteiger partial charge in [0.2, 0.25) is 17.8 Å². The van der Waals surface area contributed by atoms with Crippen molar-refractivity contribution in [1.82, 2.24) is 29.7 Å². The second-order valence-corrected chi connectivity index (χ2v) is 9.05. The lowest BCUT2D eigenvalue weighted by molar-refractivity contribution is -0.135. The summed E-state index contributed by atoms with van der Waals surface area (Å²) in [6, 6.07) is 1.76. The molecule has 0 aliphatic carbocycles. The van der Waals surface area contributed by atoms with E-state index in [2.05, 4.69) is 20.6 Å². The van der Waals surface area contributed by atoms with Crippen molar-refractivity contribution in [3.63, 3.8) is 0 Å². The molecule has 2 aromatic rings. The molecule has 0 saturated carbocycles. The number of aromatic nitrogens is 4. The Morgan fingerprint density at radius 1 is 1.09 bits per heavy atom. The minimum Gasteiger partial charge on any atom is -0.373 e. The van der Waals surface area contributed by atoms with E-state index in [4.69, 9.17) is 9.97 Å². The van der Waals surface area contributed by atoms with Gasteiger partial charge >= 0.3 is 0 Å². The van der Waals surface area contributed by atoms with E-state index in [-0.39, 0.29) is 17.9 Å². The summed E-state index contributed by atoms with van der Waals surface area (Å²) in [5.74, 6) is 2.13. The average Bonchev–Trinajstić information content (AvgIpc) is 2.82. The second kappa shape index (κ2) is 10.3. The van der Waals surface area contributed by atoms with Crippen LogP contribution in [-0.2, 0) is 22.6 Å². The van der Waals surface area contributed by atoms with Gasteiger partial charge in [-0.25, -0.2) is 19.9 Å². The van der Waals surface area contributed by atoms with Crippen molar-refractivity contribution in [3.8, 4) is 0 Å². The van der Waals surface area contributed by atoms with Crippen molar-refractivity contribution in [1.29, 1.82) is 0 Å². The topological polar surface area (TPSA) is 116 Å². The zero-order chi connectivity index (χ0) is 24.2. The third kappa shape index (κ3) is 5.26. The molecule has 1 fully saturated rings. The van der Waals surface area contributed by atoms with Crippen molar-refractivity contribution in [2.75, 3.05) is 37.3 Å². The van der Waals surface area contributed by atoms with E-state index in [9.17, 15) is 9.59 Å². The second-order valence-electron chi connectivity index (χ2n) is 9.05. The SMILES string of the molecule is CNc1nc([C@@H]2CCCCN2C(=O)CCNc2nc(C)cc(C)n2)nc2c1CCN(C(C)=O)C2. The lowest BCUT2D eigenvalue weighted by Gasteiger charge is -2.36. The summed E-state index contributed by atoms with van der Waals surface area (Å²) in [6.45, 7) is 7.75. The van der Waals surface area contributed by atoms with Gasteiger partial charge in [-0.3, -0.25) is 9.59 Å². The first-order valence-corrected chi connectivity index (χ1v) is 12.0. The molecule has 2 amide bonds. The molecule has 0 bridgehead atoms. The number of likely N-dealkylation sites (tertiary alicyclic amines) is 1. The van der Waals surface area contributed by atoms with Gasteiger partial charge in [-0.1, -0.05) is 0 Å². The fourth-order valence-electron chi connectivity index (χ4n) is 4.80. The molecule has 1 atom stereocenters. The molecule has 0 radical (unpaired) electrons. The van der Waals surface area contributed by atoms with Crippen LogP contribution in [0.5, 0.6) is 0 Å². The molecule has 2 aliphatic rings. The van der Waals surface area contributed by atoms with E-state index in [1.165, 1.54) is 0 Å². The standard InChI is InChI=1S/C24H34N8O2/c1-15-13-16(2)28-24(27-15)26-10-8-21(34)32-11-6-5-7-20(32)23-29-19-14-31(17(3)33)12-9-18(19)22(25-4)30-23/h13,20H,5-12,14H2,1-4H3,(H,25,29,30)(H,26,27,28)/t20-/m0/s1. The summed E-state index contributed by atoms with van der Waals surface area (Å²) in [4.78, 5) is 47.3. The average molecular weight is 467 g/mol. The van der Waals surface area contributed by atoms with Crippen LogP contribution in [-0.4, -0.2) is 68.2 Å². The Labute approximate surface area is 200 Å². The van der Waals surface area contributed by atoms with Crippen molar-refractivity contribution < 1.29 is 9.59 Å². The predicted molar refractivity (Wildman–Crippen MR) is 129 cm³/mol. The molecule has 2 aliphatic heterocycles. The fourth-order valence-corrected chi connectivity index (χ4v) is 4.80. The first-order valence-electron chi connectivity index (χ1n) is 12.0. The number of piperidine rings is 1. The van der Waals surface area contributed by atoms with Gasteiger partial charge in [-0.05, 0) is 45.6 Å². The molecule has 4 heterocycles. The molecule has 2 aromatic heterocycles. The molecule has 0 spiro atoms. The minimum atomic E-state index is -0.163. The summed E-state index contributed by atoms with van der Waals surface area (Å²) < 4.78 is 0. The highest BCUT2D eigenvalue weighted by atomic mass is 16.2. The molecule has 34 heavy (non-hydrogen) atoms. The van der Waals surface area contributed by atoms with E-state index >= 15 is 0 Å². The van der Waals surface area contributed by atoms with Crippen LogP contribution in [0.1, 0.15) is 67.1 Å². The molecule has 182 valence electrons. The van der Waals surface area contributed by atoms with Crippen LogP contribution < -0.4 is 10.6 Å². The van der Waals surface area contributed by atoms with Crippen molar-refractivity contribution in [2.24, 2.45) is 0 Å². The maximum absolute atomic E-state index is 13.2. The third-order valence-corrected chi connectivity index (χ3v) is 6.49. The van der Waals surface area contributed by atoms with E-state index in [1.54, 1.807) is 6.92 Å². The highest BCUT2D eigenvalue weighted by Gasteiger charge is 2.32. The normalized spacial score (nSPS) is 17.8. The summed E-state index contributed by atoms with van der Waals surface area (Å²) in [7, 11) is 1.86. The van der Waals surface area contributed by atoms with Crippen LogP contribution >= 0.6 is 0 Å². The Bertz CT molecular complexity index is 1050. The number of anilines is 2. The maximum Gasteiger partial charge on any atom is 0.224 e. The molecule has 2 N–H and O–H groups in total. The van der Waals surface area contributed by atoms with Crippen LogP contribution in [0, 0.1) is 13.8 Å². The first-order chi connectivity index (χ1) is 16.4. The predicted octanol–water partition coefficient (Wildman–Crippen LogP) is 2.39. The van der Waals surface area contributed by atoms with Crippen LogP contribution in [0.3, 0.4) is 0 Å². The summed E-state index contributed by atoms with van der Waals surface area (Å²) in [5, 5.41) is 6.38. The summed E-state index contributed by atoms with van der Waals surface area (Å²) in [5.41, 5.74) is 3.73. The molecule has 10 heteroatoms. The summed E-state index contributed by atoms with van der Waals surface area (Å²) in [6.07, 6.45) is 3.90.